The van der Waals surface area contributed by atoms with Crippen molar-refractivity contribution in [2.24, 2.45) is 10.2 Å². The van der Waals surface area contributed by atoms with Gasteiger partial charge in [-0.15, -0.1) is 5.10 Å². The molecular formula is C16H13N5O5S. The van der Waals surface area contributed by atoms with Gasteiger partial charge in [-0.1, -0.05) is 11.8 Å². The zero-order valence-corrected chi connectivity index (χ0v) is 14.5. The van der Waals surface area contributed by atoms with Gasteiger partial charge < -0.3 is 15.1 Å². The van der Waals surface area contributed by atoms with E-state index >= 15 is 0 Å². The molecule has 1 aliphatic heterocycles. The first-order valence-electron chi connectivity index (χ1n) is 7.67. The molecule has 2 amide bonds. The van der Waals surface area contributed by atoms with E-state index in [-0.39, 0.29) is 23.2 Å². The minimum Gasteiger partial charge on any atom is -0.463 e. The van der Waals surface area contributed by atoms with Gasteiger partial charge >= 0.3 is 0 Å². The Morgan fingerprint density at radius 2 is 2.15 bits per heavy atom. The van der Waals surface area contributed by atoms with Crippen LogP contribution in [0, 0.1) is 10.1 Å². The number of carbonyl (C=O) groups is 2. The summed E-state index contributed by atoms with van der Waals surface area (Å²) >= 11 is 1.10. The minimum atomic E-state index is -0.638. The Bertz CT molecular complexity index is 908. The van der Waals surface area contributed by atoms with E-state index in [1.807, 2.05) is 0 Å². The molecule has 0 bridgehead atoms. The summed E-state index contributed by atoms with van der Waals surface area (Å²) in [5.41, 5.74) is 0.334. The molecule has 0 spiro atoms. The molecule has 1 unspecified atom stereocenters. The summed E-state index contributed by atoms with van der Waals surface area (Å²) in [4.78, 5) is 34.1. The van der Waals surface area contributed by atoms with E-state index in [0.717, 1.165) is 11.8 Å². The molecule has 3 rings (SSSR count). The summed E-state index contributed by atoms with van der Waals surface area (Å²) in [6, 6.07) is 8.83. The zero-order valence-electron chi connectivity index (χ0n) is 13.7. The van der Waals surface area contributed by atoms with Crippen LogP contribution < -0.4 is 10.6 Å². The van der Waals surface area contributed by atoms with Gasteiger partial charge in [0.1, 0.15) is 11.0 Å². The van der Waals surface area contributed by atoms with Crippen molar-refractivity contribution in [2.75, 3.05) is 5.32 Å². The Morgan fingerprint density at radius 1 is 1.37 bits per heavy atom. The molecule has 11 heteroatoms. The van der Waals surface area contributed by atoms with Crippen molar-refractivity contribution < 1.29 is 18.9 Å². The summed E-state index contributed by atoms with van der Waals surface area (Å²) in [6.45, 7) is 0. The van der Waals surface area contributed by atoms with E-state index in [1.165, 1.54) is 36.7 Å². The smallest absolute Gasteiger partial charge is 0.269 e. The monoisotopic (exact) mass is 387 g/mol. The third-order valence-corrected chi connectivity index (χ3v) is 4.46. The molecule has 1 aromatic heterocycles. The fraction of sp³-hybridized carbons (Fsp3) is 0.125. The molecule has 138 valence electrons. The second-order valence-electron chi connectivity index (χ2n) is 5.32. The number of thioether (sulfide) groups is 1. The van der Waals surface area contributed by atoms with Gasteiger partial charge in [0.15, 0.2) is 5.17 Å². The second-order valence-corrected chi connectivity index (χ2v) is 6.51. The van der Waals surface area contributed by atoms with E-state index in [9.17, 15) is 19.7 Å². The van der Waals surface area contributed by atoms with Crippen LogP contribution in [0.5, 0.6) is 0 Å². The number of anilines is 1. The number of rotatable bonds is 6. The molecule has 2 heterocycles. The topological polar surface area (TPSA) is 139 Å². The maximum atomic E-state index is 12.1. The molecule has 1 saturated heterocycles. The van der Waals surface area contributed by atoms with Crippen LogP contribution in [0.3, 0.4) is 0 Å². The molecule has 1 atom stereocenters. The highest BCUT2D eigenvalue weighted by Gasteiger charge is 2.32. The summed E-state index contributed by atoms with van der Waals surface area (Å²) in [5.74, 6) is -0.213. The molecule has 0 saturated carbocycles. The van der Waals surface area contributed by atoms with Crippen molar-refractivity contribution in [3.05, 3.63) is 58.5 Å². The number of non-ortho nitro benzene ring substituents is 1. The maximum Gasteiger partial charge on any atom is 0.269 e. The molecule has 10 nitrogen and oxygen atoms in total. The number of hydrogen-bond acceptors (Lipinski definition) is 8. The predicted octanol–water partition coefficient (Wildman–Crippen LogP) is 2.14. The van der Waals surface area contributed by atoms with Gasteiger partial charge in [0.05, 0.1) is 17.4 Å². The number of hydrogen-bond donors (Lipinski definition) is 2. The van der Waals surface area contributed by atoms with Gasteiger partial charge in [-0.25, -0.2) is 0 Å². The van der Waals surface area contributed by atoms with E-state index < -0.39 is 16.1 Å². The third-order valence-electron chi connectivity index (χ3n) is 3.39. The Balaban J connectivity index is 1.53. The SMILES string of the molecule is O=C(CC1S/C(=N/N=C\c2ccco2)NC1=O)Nc1ccc([N+](=O)[O-])cc1. The van der Waals surface area contributed by atoms with E-state index in [4.69, 9.17) is 4.42 Å². The number of nitro benzene ring substituents is 1. The van der Waals surface area contributed by atoms with E-state index in [2.05, 4.69) is 20.8 Å². The number of amidine groups is 1. The lowest BCUT2D eigenvalue weighted by molar-refractivity contribution is -0.384. The van der Waals surface area contributed by atoms with Gasteiger partial charge in [-0.3, -0.25) is 19.7 Å². The number of carbonyl (C=O) groups excluding carboxylic acids is 2. The summed E-state index contributed by atoms with van der Waals surface area (Å²) in [5, 5.41) is 23.1. The maximum absolute atomic E-state index is 12.1. The van der Waals surface area contributed by atoms with Gasteiger partial charge in [0.2, 0.25) is 11.8 Å². The number of nitro groups is 1. The largest absolute Gasteiger partial charge is 0.463 e. The highest BCUT2D eigenvalue weighted by molar-refractivity contribution is 8.15. The number of amides is 2. The molecule has 2 aromatic rings. The fourth-order valence-electron chi connectivity index (χ4n) is 2.14. The highest BCUT2D eigenvalue weighted by Crippen LogP contribution is 2.23. The number of nitrogens with one attached hydrogen (secondary N) is 2. The summed E-state index contributed by atoms with van der Waals surface area (Å²) in [7, 11) is 0. The lowest BCUT2D eigenvalue weighted by atomic mass is 10.2. The molecule has 1 aliphatic rings. The lowest BCUT2D eigenvalue weighted by Gasteiger charge is -2.07. The molecule has 0 aliphatic carbocycles. The van der Waals surface area contributed by atoms with Crippen LogP contribution in [0.1, 0.15) is 12.2 Å². The molecule has 0 radical (unpaired) electrons. The van der Waals surface area contributed by atoms with Crippen molar-refractivity contribution in [3.63, 3.8) is 0 Å². The number of nitrogens with zero attached hydrogens (tertiary/aromatic N) is 3. The Labute approximate surface area is 156 Å². The van der Waals surface area contributed by atoms with Crippen molar-refractivity contribution in [1.29, 1.82) is 0 Å². The molecule has 27 heavy (non-hydrogen) atoms. The Hall–Kier alpha value is -3.47. The first kappa shape index (κ1) is 18.3. The summed E-state index contributed by atoms with van der Waals surface area (Å²) < 4.78 is 5.07. The standard InChI is InChI=1S/C16H13N5O5S/c22-14(18-10-3-5-11(6-4-10)21(24)25)8-13-15(23)19-16(27-13)20-17-9-12-2-1-7-26-12/h1-7,9,13H,8H2,(H,18,22)(H,19,20,23)/b17-9-. The van der Waals surface area contributed by atoms with Crippen LogP contribution in [-0.2, 0) is 9.59 Å². The predicted molar refractivity (Wildman–Crippen MR) is 99.6 cm³/mol. The van der Waals surface area contributed by atoms with Crippen molar-refractivity contribution in [1.82, 2.24) is 5.32 Å². The number of furan rings is 1. The molecule has 2 N–H and O–H groups in total. The van der Waals surface area contributed by atoms with Crippen LogP contribution >= 0.6 is 11.8 Å². The van der Waals surface area contributed by atoms with Crippen molar-refractivity contribution >= 4 is 46.3 Å². The first-order chi connectivity index (χ1) is 13.0. The fourth-order valence-corrected chi connectivity index (χ4v) is 3.06. The lowest BCUT2D eigenvalue weighted by Crippen LogP contribution is -2.28. The van der Waals surface area contributed by atoms with Crippen LogP contribution in [0.2, 0.25) is 0 Å². The van der Waals surface area contributed by atoms with Crippen molar-refractivity contribution in [3.8, 4) is 0 Å². The Kier molecular flexibility index (Phi) is 5.61. The van der Waals surface area contributed by atoms with Crippen LogP contribution in [-0.4, -0.2) is 33.4 Å². The average Bonchev–Trinajstić information content (AvgIpc) is 3.26. The molecule has 1 aromatic carbocycles. The van der Waals surface area contributed by atoms with Crippen LogP contribution in [0.4, 0.5) is 11.4 Å². The second kappa shape index (κ2) is 8.27. The van der Waals surface area contributed by atoms with Crippen molar-refractivity contribution in [2.45, 2.75) is 11.7 Å². The molecule has 1 fully saturated rings. The van der Waals surface area contributed by atoms with E-state index in [0.29, 0.717) is 11.4 Å². The normalized spacial score (nSPS) is 18.0. The van der Waals surface area contributed by atoms with E-state index in [1.54, 1.807) is 12.1 Å². The van der Waals surface area contributed by atoms with Crippen LogP contribution in [0.15, 0.2) is 57.3 Å². The summed E-state index contributed by atoms with van der Waals surface area (Å²) in [6.07, 6.45) is 2.82. The quantitative estimate of drug-likeness (QED) is 0.442. The zero-order chi connectivity index (χ0) is 19.2. The van der Waals surface area contributed by atoms with Gasteiger partial charge in [-0.05, 0) is 24.3 Å². The third kappa shape index (κ3) is 5.01. The minimum absolute atomic E-state index is 0.0744. The number of benzene rings is 1. The van der Waals surface area contributed by atoms with Gasteiger partial charge in [0, 0.05) is 24.2 Å². The average molecular weight is 387 g/mol. The highest BCUT2D eigenvalue weighted by atomic mass is 32.2. The van der Waals surface area contributed by atoms with Gasteiger partial charge in [0.25, 0.3) is 5.69 Å². The first-order valence-corrected chi connectivity index (χ1v) is 8.55. The Morgan fingerprint density at radius 3 is 2.81 bits per heavy atom. The van der Waals surface area contributed by atoms with Crippen LogP contribution in [0.25, 0.3) is 0 Å². The molecular weight excluding hydrogens is 374 g/mol. The van der Waals surface area contributed by atoms with Gasteiger partial charge in [-0.2, -0.15) is 5.10 Å².